The monoisotopic (exact) mass is 285 g/mol. The SMILES string of the molecule is COc1cc(C)ccc1-c1ncc(CNC(C)(C)C)cn1. The van der Waals surface area contributed by atoms with E-state index in [1.807, 2.05) is 37.5 Å². The highest BCUT2D eigenvalue weighted by Gasteiger charge is 2.11. The van der Waals surface area contributed by atoms with Gasteiger partial charge in [0.1, 0.15) is 5.75 Å². The minimum atomic E-state index is 0.0822. The summed E-state index contributed by atoms with van der Waals surface area (Å²) in [7, 11) is 1.67. The third-order valence-electron chi connectivity index (χ3n) is 3.13. The number of hydrogen-bond donors (Lipinski definition) is 1. The van der Waals surface area contributed by atoms with Crippen LogP contribution in [0.2, 0.25) is 0 Å². The van der Waals surface area contributed by atoms with Crippen LogP contribution < -0.4 is 10.1 Å². The van der Waals surface area contributed by atoms with Crippen LogP contribution >= 0.6 is 0 Å². The molecule has 1 aromatic carbocycles. The molecule has 0 aliphatic carbocycles. The van der Waals surface area contributed by atoms with Crippen LogP contribution in [-0.2, 0) is 6.54 Å². The van der Waals surface area contributed by atoms with Crippen LogP contribution in [0.5, 0.6) is 5.75 Å². The molecule has 0 unspecified atom stereocenters. The summed E-state index contributed by atoms with van der Waals surface area (Å²) in [5, 5.41) is 3.42. The first kappa shape index (κ1) is 15.4. The lowest BCUT2D eigenvalue weighted by molar-refractivity contribution is 0.415. The summed E-state index contributed by atoms with van der Waals surface area (Å²) in [6.07, 6.45) is 3.72. The summed E-state index contributed by atoms with van der Waals surface area (Å²) in [4.78, 5) is 8.91. The van der Waals surface area contributed by atoms with E-state index in [0.29, 0.717) is 5.82 Å². The van der Waals surface area contributed by atoms with Gasteiger partial charge in [0.25, 0.3) is 0 Å². The zero-order valence-corrected chi connectivity index (χ0v) is 13.4. The summed E-state index contributed by atoms with van der Waals surface area (Å²) >= 11 is 0. The molecule has 0 amide bonds. The van der Waals surface area contributed by atoms with E-state index in [4.69, 9.17) is 4.74 Å². The van der Waals surface area contributed by atoms with Crippen molar-refractivity contribution in [1.29, 1.82) is 0 Å². The lowest BCUT2D eigenvalue weighted by Gasteiger charge is -2.20. The molecule has 0 aliphatic heterocycles. The number of rotatable bonds is 4. The number of aromatic nitrogens is 2. The molecule has 2 aromatic rings. The molecule has 0 saturated heterocycles. The first-order valence-electron chi connectivity index (χ1n) is 7.10. The molecule has 1 heterocycles. The fraction of sp³-hybridized carbons (Fsp3) is 0.412. The van der Waals surface area contributed by atoms with Crippen LogP contribution in [0.15, 0.2) is 30.6 Å². The molecule has 0 atom stereocenters. The molecule has 0 aliphatic rings. The van der Waals surface area contributed by atoms with Crippen molar-refractivity contribution in [2.75, 3.05) is 7.11 Å². The van der Waals surface area contributed by atoms with Crippen molar-refractivity contribution < 1.29 is 4.74 Å². The molecule has 112 valence electrons. The Morgan fingerprint density at radius 2 is 1.81 bits per heavy atom. The van der Waals surface area contributed by atoms with Gasteiger partial charge in [-0.3, -0.25) is 0 Å². The number of nitrogens with zero attached hydrogens (tertiary/aromatic N) is 2. The van der Waals surface area contributed by atoms with E-state index < -0.39 is 0 Å². The Morgan fingerprint density at radius 1 is 1.14 bits per heavy atom. The van der Waals surface area contributed by atoms with Crippen molar-refractivity contribution in [2.45, 2.75) is 39.8 Å². The van der Waals surface area contributed by atoms with Crippen LogP contribution in [-0.4, -0.2) is 22.6 Å². The fourth-order valence-electron chi connectivity index (χ4n) is 1.94. The van der Waals surface area contributed by atoms with E-state index in [-0.39, 0.29) is 5.54 Å². The highest BCUT2D eigenvalue weighted by molar-refractivity contribution is 5.64. The van der Waals surface area contributed by atoms with Gasteiger partial charge in [0.05, 0.1) is 12.7 Å². The van der Waals surface area contributed by atoms with Crippen molar-refractivity contribution in [1.82, 2.24) is 15.3 Å². The van der Waals surface area contributed by atoms with Crippen LogP contribution in [0, 0.1) is 6.92 Å². The molecule has 0 bridgehead atoms. The average molecular weight is 285 g/mol. The maximum atomic E-state index is 5.41. The third-order valence-corrected chi connectivity index (χ3v) is 3.13. The van der Waals surface area contributed by atoms with E-state index >= 15 is 0 Å². The average Bonchev–Trinajstić information content (AvgIpc) is 2.45. The Hall–Kier alpha value is -1.94. The minimum Gasteiger partial charge on any atom is -0.496 e. The van der Waals surface area contributed by atoms with Gasteiger partial charge in [-0.15, -0.1) is 0 Å². The Bertz CT molecular complexity index is 600. The Morgan fingerprint density at radius 3 is 2.38 bits per heavy atom. The summed E-state index contributed by atoms with van der Waals surface area (Å²) in [6.45, 7) is 9.21. The molecule has 4 nitrogen and oxygen atoms in total. The van der Waals surface area contributed by atoms with Crippen LogP contribution in [0.4, 0.5) is 0 Å². The Kier molecular flexibility index (Phi) is 4.58. The second-order valence-corrected chi connectivity index (χ2v) is 6.22. The summed E-state index contributed by atoms with van der Waals surface area (Å²) in [5.74, 6) is 1.49. The predicted molar refractivity (Wildman–Crippen MR) is 85.3 cm³/mol. The maximum Gasteiger partial charge on any atom is 0.162 e. The quantitative estimate of drug-likeness (QED) is 0.936. The molecule has 0 fully saturated rings. The summed E-state index contributed by atoms with van der Waals surface area (Å²) in [6, 6.07) is 6.03. The van der Waals surface area contributed by atoms with Gasteiger partial charge in [-0.25, -0.2) is 9.97 Å². The van der Waals surface area contributed by atoms with E-state index in [9.17, 15) is 0 Å². The number of aryl methyl sites for hydroxylation is 1. The second-order valence-electron chi connectivity index (χ2n) is 6.22. The van der Waals surface area contributed by atoms with Gasteiger partial charge >= 0.3 is 0 Å². The molecule has 2 rings (SSSR count). The van der Waals surface area contributed by atoms with Crippen LogP contribution in [0.1, 0.15) is 31.9 Å². The maximum absolute atomic E-state index is 5.41. The van der Waals surface area contributed by atoms with Gasteiger partial charge in [0.2, 0.25) is 0 Å². The number of nitrogens with one attached hydrogen (secondary N) is 1. The topological polar surface area (TPSA) is 47.0 Å². The molecule has 21 heavy (non-hydrogen) atoms. The van der Waals surface area contributed by atoms with Crippen molar-refractivity contribution in [3.05, 3.63) is 41.7 Å². The van der Waals surface area contributed by atoms with E-state index in [0.717, 1.165) is 29.0 Å². The molecule has 1 aromatic heterocycles. The minimum absolute atomic E-state index is 0.0822. The number of hydrogen-bond acceptors (Lipinski definition) is 4. The summed E-state index contributed by atoms with van der Waals surface area (Å²) in [5.41, 5.74) is 3.22. The predicted octanol–water partition coefficient (Wildman–Crippen LogP) is 3.35. The zero-order chi connectivity index (χ0) is 15.5. The molecule has 0 radical (unpaired) electrons. The highest BCUT2D eigenvalue weighted by atomic mass is 16.5. The van der Waals surface area contributed by atoms with E-state index in [1.54, 1.807) is 7.11 Å². The number of methoxy groups -OCH3 is 1. The zero-order valence-electron chi connectivity index (χ0n) is 13.4. The molecule has 4 heteroatoms. The normalized spacial score (nSPS) is 11.5. The fourth-order valence-corrected chi connectivity index (χ4v) is 1.94. The number of benzene rings is 1. The van der Waals surface area contributed by atoms with E-state index in [1.165, 1.54) is 0 Å². The van der Waals surface area contributed by atoms with Crippen molar-refractivity contribution in [3.63, 3.8) is 0 Å². The van der Waals surface area contributed by atoms with Gasteiger partial charge in [0.15, 0.2) is 5.82 Å². The van der Waals surface area contributed by atoms with Gasteiger partial charge in [0, 0.05) is 30.0 Å². The highest BCUT2D eigenvalue weighted by Crippen LogP contribution is 2.27. The van der Waals surface area contributed by atoms with Gasteiger partial charge in [-0.05, 0) is 45.4 Å². The van der Waals surface area contributed by atoms with Gasteiger partial charge < -0.3 is 10.1 Å². The smallest absolute Gasteiger partial charge is 0.162 e. The van der Waals surface area contributed by atoms with Crippen LogP contribution in [0.3, 0.4) is 0 Å². The molecule has 0 spiro atoms. The van der Waals surface area contributed by atoms with Crippen molar-refractivity contribution >= 4 is 0 Å². The van der Waals surface area contributed by atoms with Crippen molar-refractivity contribution in [3.8, 4) is 17.1 Å². The number of ether oxygens (including phenoxy) is 1. The lowest BCUT2D eigenvalue weighted by atomic mass is 10.1. The Labute approximate surface area is 126 Å². The third kappa shape index (κ3) is 4.26. The molecule has 0 saturated carbocycles. The lowest BCUT2D eigenvalue weighted by Crippen LogP contribution is -2.35. The standard InChI is InChI=1S/C17H23N3O/c1-12-6-7-14(15(8-12)21-5)16-18-9-13(10-19-16)11-20-17(2,3)4/h6-10,20H,11H2,1-5H3. The van der Waals surface area contributed by atoms with Crippen LogP contribution in [0.25, 0.3) is 11.4 Å². The molecule has 1 N–H and O–H groups in total. The summed E-state index contributed by atoms with van der Waals surface area (Å²) < 4.78 is 5.41. The second kappa shape index (κ2) is 6.22. The van der Waals surface area contributed by atoms with E-state index in [2.05, 4.69) is 36.1 Å². The van der Waals surface area contributed by atoms with Crippen molar-refractivity contribution in [2.24, 2.45) is 0 Å². The first-order valence-corrected chi connectivity index (χ1v) is 7.10. The largest absolute Gasteiger partial charge is 0.496 e. The van der Waals surface area contributed by atoms with Gasteiger partial charge in [-0.2, -0.15) is 0 Å². The first-order chi connectivity index (χ1) is 9.89. The molecular weight excluding hydrogens is 262 g/mol. The Balaban J connectivity index is 2.19. The molecular formula is C17H23N3O. The van der Waals surface area contributed by atoms with Gasteiger partial charge in [-0.1, -0.05) is 6.07 Å².